The van der Waals surface area contributed by atoms with Gasteiger partial charge in [0, 0.05) is 13.1 Å². The van der Waals surface area contributed by atoms with Crippen molar-refractivity contribution in [3.8, 4) is 11.5 Å². The fourth-order valence-corrected chi connectivity index (χ4v) is 4.08. The first kappa shape index (κ1) is 20.7. The summed E-state index contributed by atoms with van der Waals surface area (Å²) < 4.78 is 5.84. The van der Waals surface area contributed by atoms with Gasteiger partial charge in [0.15, 0.2) is 5.75 Å². The zero-order valence-electron chi connectivity index (χ0n) is 17.2. The number of para-hydroxylation sites is 3. The molecule has 5 amide bonds. The van der Waals surface area contributed by atoms with Crippen molar-refractivity contribution in [3.63, 3.8) is 0 Å². The van der Waals surface area contributed by atoms with Gasteiger partial charge in [-0.2, -0.15) is 0 Å². The molecule has 2 aromatic carbocycles. The molecular formula is C23H26N4O4. The summed E-state index contributed by atoms with van der Waals surface area (Å²) in [4.78, 5) is 38.4. The van der Waals surface area contributed by atoms with Crippen molar-refractivity contribution < 1.29 is 19.1 Å². The third-order valence-corrected chi connectivity index (χ3v) is 5.65. The van der Waals surface area contributed by atoms with Crippen LogP contribution >= 0.6 is 0 Å². The van der Waals surface area contributed by atoms with Gasteiger partial charge in [-0.1, -0.05) is 43.2 Å². The quantitative estimate of drug-likeness (QED) is 0.466. The lowest BCUT2D eigenvalue weighted by atomic mass is 9.98. The Bertz CT molecular complexity index is 957. The van der Waals surface area contributed by atoms with Crippen LogP contribution in [-0.2, 0) is 4.79 Å². The Balaban J connectivity index is 1.25. The summed E-state index contributed by atoms with van der Waals surface area (Å²) in [5.41, 5.74) is -0.147. The molecular weight excluding hydrogens is 396 g/mol. The normalized spacial score (nSPS) is 17.0. The molecule has 1 heterocycles. The van der Waals surface area contributed by atoms with Crippen LogP contribution in [0.3, 0.4) is 0 Å². The van der Waals surface area contributed by atoms with Crippen LogP contribution in [0.25, 0.3) is 0 Å². The number of imide groups is 1. The van der Waals surface area contributed by atoms with E-state index in [2.05, 4.69) is 16.0 Å². The lowest BCUT2D eigenvalue weighted by Crippen LogP contribution is -2.44. The molecule has 1 aliphatic carbocycles. The van der Waals surface area contributed by atoms with Crippen molar-refractivity contribution in [1.82, 2.24) is 15.5 Å². The molecule has 1 saturated heterocycles. The molecule has 1 spiro atoms. The molecule has 0 unspecified atom stereocenters. The fourth-order valence-electron chi connectivity index (χ4n) is 4.08. The minimum Gasteiger partial charge on any atom is -0.455 e. The number of carbonyl (C=O) groups excluding carboxylic acids is 3. The summed E-state index contributed by atoms with van der Waals surface area (Å²) in [5, 5.41) is 8.40. The van der Waals surface area contributed by atoms with Gasteiger partial charge in [-0.3, -0.25) is 9.69 Å². The molecule has 0 aromatic heterocycles. The van der Waals surface area contributed by atoms with Crippen LogP contribution in [0.2, 0.25) is 0 Å². The van der Waals surface area contributed by atoms with Crippen LogP contribution < -0.4 is 20.7 Å². The molecule has 2 fully saturated rings. The molecule has 4 rings (SSSR count). The molecule has 8 nitrogen and oxygen atoms in total. The molecule has 0 radical (unpaired) electrons. The number of nitrogens with zero attached hydrogens (tertiary/aromatic N) is 1. The van der Waals surface area contributed by atoms with Gasteiger partial charge in [0.1, 0.15) is 11.3 Å². The van der Waals surface area contributed by atoms with Gasteiger partial charge in [-0.15, -0.1) is 0 Å². The molecule has 3 N–H and O–H groups in total. The van der Waals surface area contributed by atoms with Crippen LogP contribution in [0.15, 0.2) is 54.6 Å². The highest BCUT2D eigenvalue weighted by molar-refractivity contribution is 6.07. The predicted octanol–water partition coefficient (Wildman–Crippen LogP) is 3.86. The minimum atomic E-state index is -0.690. The van der Waals surface area contributed by atoms with Crippen molar-refractivity contribution >= 4 is 23.7 Å². The van der Waals surface area contributed by atoms with Crippen LogP contribution in [0.4, 0.5) is 15.3 Å². The lowest BCUT2D eigenvalue weighted by molar-refractivity contribution is -0.131. The average Bonchev–Trinajstić information content (AvgIpc) is 3.33. The standard InChI is InChI=1S/C23H26N4O4/c28-20-23(13-6-7-14-23)26-22(30)27(20)16-8-15-24-21(29)25-18-11-4-5-12-19(18)31-17-9-2-1-3-10-17/h1-5,9-12H,6-8,13-16H2,(H,26,30)(H2,24,25,29). The van der Waals surface area contributed by atoms with Gasteiger partial charge in [-0.05, 0) is 43.5 Å². The Morgan fingerprint density at radius 3 is 2.52 bits per heavy atom. The summed E-state index contributed by atoms with van der Waals surface area (Å²) in [5.74, 6) is 1.07. The van der Waals surface area contributed by atoms with Crippen molar-refractivity contribution in [3.05, 3.63) is 54.6 Å². The Morgan fingerprint density at radius 2 is 1.74 bits per heavy atom. The molecule has 2 aliphatic rings. The number of hydrogen-bond donors (Lipinski definition) is 3. The van der Waals surface area contributed by atoms with E-state index in [0.29, 0.717) is 43.0 Å². The number of carbonyl (C=O) groups is 3. The SMILES string of the molecule is O=C(NCCCN1C(=O)NC2(CCCC2)C1=O)Nc1ccccc1Oc1ccccc1. The van der Waals surface area contributed by atoms with Crippen molar-refractivity contribution in [2.75, 3.05) is 18.4 Å². The molecule has 0 atom stereocenters. The van der Waals surface area contributed by atoms with Crippen LogP contribution in [0, 0.1) is 0 Å². The van der Waals surface area contributed by atoms with E-state index in [-0.39, 0.29) is 24.5 Å². The molecule has 162 valence electrons. The van der Waals surface area contributed by atoms with Crippen molar-refractivity contribution in [1.29, 1.82) is 0 Å². The monoisotopic (exact) mass is 422 g/mol. The predicted molar refractivity (Wildman–Crippen MR) is 116 cm³/mol. The molecule has 31 heavy (non-hydrogen) atoms. The van der Waals surface area contributed by atoms with Crippen LogP contribution in [0.5, 0.6) is 11.5 Å². The smallest absolute Gasteiger partial charge is 0.325 e. The van der Waals surface area contributed by atoms with Crippen LogP contribution in [0.1, 0.15) is 32.1 Å². The minimum absolute atomic E-state index is 0.133. The van der Waals surface area contributed by atoms with Crippen LogP contribution in [-0.4, -0.2) is 41.5 Å². The zero-order valence-corrected chi connectivity index (χ0v) is 17.2. The lowest BCUT2D eigenvalue weighted by Gasteiger charge is -2.20. The molecule has 0 bridgehead atoms. The van der Waals surface area contributed by atoms with Gasteiger partial charge in [-0.25, -0.2) is 9.59 Å². The van der Waals surface area contributed by atoms with E-state index in [9.17, 15) is 14.4 Å². The topological polar surface area (TPSA) is 99.8 Å². The Morgan fingerprint density at radius 1 is 1.03 bits per heavy atom. The molecule has 1 saturated carbocycles. The Hall–Kier alpha value is -3.55. The van der Waals surface area contributed by atoms with E-state index in [4.69, 9.17) is 4.74 Å². The number of anilines is 1. The number of nitrogens with one attached hydrogen (secondary N) is 3. The highest BCUT2D eigenvalue weighted by Crippen LogP contribution is 2.35. The fraction of sp³-hybridized carbons (Fsp3) is 0.348. The Labute approximate surface area is 180 Å². The second-order valence-electron chi connectivity index (χ2n) is 7.82. The van der Waals surface area contributed by atoms with Crippen molar-refractivity contribution in [2.45, 2.75) is 37.6 Å². The third-order valence-electron chi connectivity index (χ3n) is 5.65. The maximum absolute atomic E-state index is 12.6. The highest BCUT2D eigenvalue weighted by Gasteiger charge is 2.51. The molecule has 1 aliphatic heterocycles. The van der Waals surface area contributed by atoms with E-state index in [1.54, 1.807) is 12.1 Å². The first-order valence-electron chi connectivity index (χ1n) is 10.6. The number of benzene rings is 2. The zero-order chi connectivity index (χ0) is 21.7. The maximum atomic E-state index is 12.6. The van der Waals surface area contributed by atoms with Gasteiger partial charge in [0.25, 0.3) is 5.91 Å². The van der Waals surface area contributed by atoms with E-state index in [1.807, 2.05) is 42.5 Å². The number of rotatable bonds is 7. The second kappa shape index (κ2) is 9.07. The summed E-state index contributed by atoms with van der Waals surface area (Å²) in [6.07, 6.45) is 3.80. The summed E-state index contributed by atoms with van der Waals surface area (Å²) >= 11 is 0. The summed E-state index contributed by atoms with van der Waals surface area (Å²) in [7, 11) is 0. The Kier molecular flexibility index (Phi) is 6.06. The van der Waals surface area contributed by atoms with E-state index in [1.165, 1.54) is 4.90 Å². The van der Waals surface area contributed by atoms with E-state index >= 15 is 0 Å². The second-order valence-corrected chi connectivity index (χ2v) is 7.82. The largest absolute Gasteiger partial charge is 0.455 e. The van der Waals surface area contributed by atoms with Crippen molar-refractivity contribution in [2.24, 2.45) is 0 Å². The third kappa shape index (κ3) is 4.63. The maximum Gasteiger partial charge on any atom is 0.325 e. The number of ether oxygens (including phenoxy) is 1. The highest BCUT2D eigenvalue weighted by atomic mass is 16.5. The van der Waals surface area contributed by atoms with E-state index < -0.39 is 5.54 Å². The summed E-state index contributed by atoms with van der Waals surface area (Å²) in [6, 6.07) is 15.8. The van der Waals surface area contributed by atoms with Gasteiger partial charge in [0.2, 0.25) is 0 Å². The molecule has 2 aromatic rings. The van der Waals surface area contributed by atoms with E-state index in [0.717, 1.165) is 12.8 Å². The first-order valence-corrected chi connectivity index (χ1v) is 10.6. The summed E-state index contributed by atoms with van der Waals surface area (Å²) in [6.45, 7) is 0.609. The number of amides is 5. The number of hydrogen-bond acceptors (Lipinski definition) is 4. The molecule has 8 heteroatoms. The average molecular weight is 422 g/mol. The van der Waals surface area contributed by atoms with Gasteiger partial charge < -0.3 is 20.7 Å². The van der Waals surface area contributed by atoms with Gasteiger partial charge >= 0.3 is 12.1 Å². The first-order chi connectivity index (χ1) is 15.1. The number of urea groups is 2. The van der Waals surface area contributed by atoms with Gasteiger partial charge in [0.05, 0.1) is 5.69 Å².